The number of hydrazone groups is 1. The Labute approximate surface area is 131 Å². The highest BCUT2D eigenvalue weighted by Gasteiger charge is 2.07. The number of nitro groups is 1. The number of benzene rings is 1. The Balaban J connectivity index is 1.69. The maximum Gasteiger partial charge on any atom is 0.269 e. The summed E-state index contributed by atoms with van der Waals surface area (Å²) in [5.41, 5.74) is 3.59. The van der Waals surface area contributed by atoms with Gasteiger partial charge in [-0.1, -0.05) is 6.07 Å². The van der Waals surface area contributed by atoms with Crippen molar-refractivity contribution in [2.45, 2.75) is 0 Å². The Kier molecular flexibility index (Phi) is 4.10. The van der Waals surface area contributed by atoms with Crippen LogP contribution in [0.25, 0.3) is 11.3 Å². The molecule has 7 heteroatoms. The number of hydrogen-bond acceptors (Lipinski definition) is 6. The van der Waals surface area contributed by atoms with Crippen molar-refractivity contribution in [2.24, 2.45) is 5.10 Å². The summed E-state index contributed by atoms with van der Waals surface area (Å²) < 4.78 is 5.63. The predicted molar refractivity (Wildman–Crippen MR) is 86.3 cm³/mol. The molecule has 0 fully saturated rings. The SMILES string of the molecule is O=[N+]([O-])c1ccc(-c2ccc(C=NNc3ccccn3)o2)cc1. The lowest BCUT2D eigenvalue weighted by atomic mass is 10.1. The van der Waals surface area contributed by atoms with Crippen LogP contribution in [0.15, 0.2) is 70.3 Å². The van der Waals surface area contributed by atoms with Crippen molar-refractivity contribution >= 4 is 17.7 Å². The standard InChI is InChI=1S/C16H12N4O3/c21-20(22)13-6-4-12(5-7-13)15-9-8-14(23-15)11-18-19-16-3-1-2-10-17-16/h1-11H,(H,17,19). The molecule has 2 heterocycles. The molecular formula is C16H12N4O3. The maximum absolute atomic E-state index is 10.6. The summed E-state index contributed by atoms with van der Waals surface area (Å²) in [5.74, 6) is 1.80. The fourth-order valence-electron chi connectivity index (χ4n) is 1.92. The molecule has 0 unspecified atom stereocenters. The van der Waals surface area contributed by atoms with Crippen LogP contribution in [-0.4, -0.2) is 16.1 Å². The molecule has 2 aromatic heterocycles. The van der Waals surface area contributed by atoms with Crippen LogP contribution in [0.4, 0.5) is 11.5 Å². The first-order valence-electron chi connectivity index (χ1n) is 6.77. The zero-order chi connectivity index (χ0) is 16.1. The zero-order valence-electron chi connectivity index (χ0n) is 11.9. The first kappa shape index (κ1) is 14.5. The number of pyridine rings is 1. The topological polar surface area (TPSA) is 93.6 Å². The van der Waals surface area contributed by atoms with Crippen LogP contribution in [0.5, 0.6) is 0 Å². The number of non-ortho nitro benzene ring substituents is 1. The fourth-order valence-corrected chi connectivity index (χ4v) is 1.92. The summed E-state index contributed by atoms with van der Waals surface area (Å²) in [4.78, 5) is 14.3. The van der Waals surface area contributed by atoms with Crippen LogP contribution in [0.1, 0.15) is 5.76 Å². The number of furan rings is 1. The molecule has 0 saturated carbocycles. The highest BCUT2D eigenvalue weighted by molar-refractivity contribution is 5.78. The molecular weight excluding hydrogens is 296 g/mol. The van der Waals surface area contributed by atoms with Crippen LogP contribution in [0, 0.1) is 10.1 Å². The van der Waals surface area contributed by atoms with Crippen molar-refractivity contribution in [3.8, 4) is 11.3 Å². The molecule has 0 atom stereocenters. The molecule has 1 N–H and O–H groups in total. The fraction of sp³-hybridized carbons (Fsp3) is 0. The second kappa shape index (κ2) is 6.52. The van der Waals surface area contributed by atoms with Gasteiger partial charge >= 0.3 is 0 Å². The van der Waals surface area contributed by atoms with Crippen LogP contribution < -0.4 is 5.43 Å². The van der Waals surface area contributed by atoms with Crippen LogP contribution >= 0.6 is 0 Å². The molecule has 0 aliphatic rings. The lowest BCUT2D eigenvalue weighted by Crippen LogP contribution is -1.91. The lowest BCUT2D eigenvalue weighted by Gasteiger charge is -1.97. The number of nitrogens with one attached hydrogen (secondary N) is 1. The van der Waals surface area contributed by atoms with Crippen molar-refractivity contribution in [3.05, 3.63) is 76.7 Å². The van der Waals surface area contributed by atoms with E-state index in [4.69, 9.17) is 4.42 Å². The van der Waals surface area contributed by atoms with E-state index >= 15 is 0 Å². The smallest absolute Gasteiger partial charge is 0.269 e. The first-order chi connectivity index (χ1) is 11.2. The monoisotopic (exact) mass is 308 g/mol. The van der Waals surface area contributed by atoms with E-state index < -0.39 is 4.92 Å². The van der Waals surface area contributed by atoms with Crippen LogP contribution in [0.3, 0.4) is 0 Å². The first-order valence-corrected chi connectivity index (χ1v) is 6.77. The molecule has 0 bridgehead atoms. The van der Waals surface area contributed by atoms with Gasteiger partial charge in [-0.05, 0) is 36.4 Å². The van der Waals surface area contributed by atoms with E-state index in [0.29, 0.717) is 17.3 Å². The predicted octanol–water partition coefficient (Wildman–Crippen LogP) is 3.70. The molecule has 3 rings (SSSR count). The van der Waals surface area contributed by atoms with Gasteiger partial charge in [0.1, 0.15) is 17.3 Å². The van der Waals surface area contributed by atoms with E-state index in [2.05, 4.69) is 15.5 Å². The number of hydrogen-bond donors (Lipinski definition) is 1. The zero-order valence-corrected chi connectivity index (χ0v) is 11.9. The van der Waals surface area contributed by atoms with Crippen LogP contribution in [-0.2, 0) is 0 Å². The van der Waals surface area contributed by atoms with Gasteiger partial charge in [-0.2, -0.15) is 5.10 Å². The van der Waals surface area contributed by atoms with Crippen molar-refractivity contribution in [1.29, 1.82) is 0 Å². The van der Waals surface area contributed by atoms with Gasteiger partial charge in [-0.15, -0.1) is 0 Å². The Hall–Kier alpha value is -3.48. The quantitative estimate of drug-likeness (QED) is 0.440. The molecule has 0 saturated heterocycles. The van der Waals surface area contributed by atoms with E-state index in [0.717, 1.165) is 5.56 Å². The van der Waals surface area contributed by atoms with Gasteiger partial charge in [0, 0.05) is 23.9 Å². The minimum atomic E-state index is -0.437. The highest BCUT2D eigenvalue weighted by Crippen LogP contribution is 2.24. The molecule has 0 radical (unpaired) electrons. The second-order valence-electron chi connectivity index (χ2n) is 4.59. The summed E-state index contributed by atoms with van der Waals surface area (Å²) in [7, 11) is 0. The second-order valence-corrected chi connectivity index (χ2v) is 4.59. The van der Waals surface area contributed by atoms with Crippen molar-refractivity contribution in [2.75, 3.05) is 5.43 Å². The lowest BCUT2D eigenvalue weighted by molar-refractivity contribution is -0.384. The minimum Gasteiger partial charge on any atom is -0.455 e. The molecule has 114 valence electrons. The largest absolute Gasteiger partial charge is 0.455 e. The number of nitro benzene ring substituents is 1. The number of anilines is 1. The van der Waals surface area contributed by atoms with E-state index in [1.165, 1.54) is 18.3 Å². The van der Waals surface area contributed by atoms with Gasteiger partial charge < -0.3 is 4.42 Å². The minimum absolute atomic E-state index is 0.0432. The summed E-state index contributed by atoms with van der Waals surface area (Å²) >= 11 is 0. The molecule has 7 nitrogen and oxygen atoms in total. The van der Waals surface area contributed by atoms with Gasteiger partial charge in [0.15, 0.2) is 0 Å². The van der Waals surface area contributed by atoms with E-state index in [1.807, 2.05) is 12.1 Å². The Morgan fingerprint density at radius 1 is 1.13 bits per heavy atom. The summed E-state index contributed by atoms with van der Waals surface area (Å²) in [6.07, 6.45) is 3.20. The molecule has 23 heavy (non-hydrogen) atoms. The summed E-state index contributed by atoms with van der Waals surface area (Å²) in [6.45, 7) is 0. The summed E-state index contributed by atoms with van der Waals surface area (Å²) in [6, 6.07) is 15.2. The molecule has 0 aliphatic carbocycles. The number of nitrogens with zero attached hydrogens (tertiary/aromatic N) is 3. The average Bonchev–Trinajstić information content (AvgIpc) is 3.05. The van der Waals surface area contributed by atoms with Gasteiger partial charge in [0.05, 0.1) is 11.1 Å². The number of aromatic nitrogens is 1. The Bertz CT molecular complexity index is 826. The molecule has 0 spiro atoms. The Morgan fingerprint density at radius 3 is 2.65 bits per heavy atom. The molecule has 3 aromatic rings. The third-order valence-electron chi connectivity index (χ3n) is 3.03. The van der Waals surface area contributed by atoms with Gasteiger partial charge in [-0.25, -0.2) is 4.98 Å². The molecule has 0 amide bonds. The highest BCUT2D eigenvalue weighted by atomic mass is 16.6. The van der Waals surface area contributed by atoms with Crippen molar-refractivity contribution < 1.29 is 9.34 Å². The van der Waals surface area contributed by atoms with Gasteiger partial charge in [0.2, 0.25) is 0 Å². The van der Waals surface area contributed by atoms with Crippen LogP contribution in [0.2, 0.25) is 0 Å². The van der Waals surface area contributed by atoms with E-state index in [1.54, 1.807) is 36.5 Å². The molecule has 1 aromatic carbocycles. The van der Waals surface area contributed by atoms with Crippen molar-refractivity contribution in [1.82, 2.24) is 4.98 Å². The summed E-state index contributed by atoms with van der Waals surface area (Å²) in [5, 5.41) is 14.7. The van der Waals surface area contributed by atoms with Crippen molar-refractivity contribution in [3.63, 3.8) is 0 Å². The Morgan fingerprint density at radius 2 is 1.96 bits per heavy atom. The van der Waals surface area contributed by atoms with E-state index in [-0.39, 0.29) is 5.69 Å². The normalized spacial score (nSPS) is 10.8. The molecule has 0 aliphatic heterocycles. The number of rotatable bonds is 5. The third kappa shape index (κ3) is 3.59. The van der Waals surface area contributed by atoms with E-state index in [9.17, 15) is 10.1 Å². The maximum atomic E-state index is 10.6. The van der Waals surface area contributed by atoms with Gasteiger partial charge in [-0.3, -0.25) is 15.5 Å². The van der Waals surface area contributed by atoms with Gasteiger partial charge in [0.25, 0.3) is 5.69 Å². The average molecular weight is 308 g/mol. The third-order valence-corrected chi connectivity index (χ3v) is 3.03.